The summed E-state index contributed by atoms with van der Waals surface area (Å²) in [6.45, 7) is 3.74. The molecule has 2 N–H and O–H groups in total. The lowest BCUT2D eigenvalue weighted by atomic mass is 9.94. The predicted molar refractivity (Wildman–Crippen MR) is 91.6 cm³/mol. The van der Waals surface area contributed by atoms with Crippen LogP contribution in [0.2, 0.25) is 0 Å². The van der Waals surface area contributed by atoms with Gasteiger partial charge in [0, 0.05) is 5.69 Å². The van der Waals surface area contributed by atoms with Gasteiger partial charge in [-0.2, -0.15) is 5.10 Å². The zero-order valence-electron chi connectivity index (χ0n) is 13.1. The Labute approximate surface area is 142 Å². The first-order valence-electron chi connectivity index (χ1n) is 7.66. The van der Waals surface area contributed by atoms with Crippen LogP contribution in [0.1, 0.15) is 25.3 Å². The van der Waals surface area contributed by atoms with E-state index in [4.69, 9.17) is 0 Å². The second-order valence-electron chi connectivity index (χ2n) is 5.92. The number of piperidine rings is 1. The number of halogens is 1. The Kier molecular flexibility index (Phi) is 6.12. The minimum absolute atomic E-state index is 0. The molecule has 0 radical (unpaired) electrons. The van der Waals surface area contributed by atoms with Gasteiger partial charge >= 0.3 is 0 Å². The first-order valence-corrected chi connectivity index (χ1v) is 7.66. The number of nitrogens with one attached hydrogen (secondary N) is 2. The molecule has 0 bridgehead atoms. The monoisotopic (exact) mass is 335 g/mol. The molecule has 0 saturated carbocycles. The normalized spacial score (nSPS) is 20.6. The lowest BCUT2D eigenvalue weighted by molar-refractivity contribution is -0.119. The van der Waals surface area contributed by atoms with Crippen LogP contribution in [0.3, 0.4) is 0 Å². The molecule has 1 aliphatic heterocycles. The Bertz CT molecular complexity index is 631. The molecule has 1 amide bonds. The van der Waals surface area contributed by atoms with Crippen LogP contribution in [-0.2, 0) is 11.3 Å². The van der Waals surface area contributed by atoms with Crippen LogP contribution < -0.4 is 10.6 Å². The maximum Gasteiger partial charge on any atom is 0.241 e. The Hall–Kier alpha value is -1.92. The van der Waals surface area contributed by atoms with Gasteiger partial charge in [-0.25, -0.2) is 9.67 Å². The number of hydrogen-bond donors (Lipinski definition) is 2. The fourth-order valence-corrected chi connectivity index (χ4v) is 2.79. The van der Waals surface area contributed by atoms with Crippen LogP contribution >= 0.6 is 12.4 Å². The van der Waals surface area contributed by atoms with Crippen molar-refractivity contribution in [3.8, 4) is 0 Å². The number of anilines is 1. The van der Waals surface area contributed by atoms with E-state index in [0.29, 0.717) is 12.5 Å². The summed E-state index contributed by atoms with van der Waals surface area (Å²) >= 11 is 0. The number of nitrogens with zero attached hydrogens (tertiary/aromatic N) is 3. The van der Waals surface area contributed by atoms with E-state index in [1.54, 1.807) is 11.0 Å². The standard InChI is InChI=1S/C16H21N5O.ClH/c1-12-5-6-18-15(7-12)16(22)20-14-4-2-3-13(8-14)9-21-11-17-10-19-21;/h2-4,8,10-12,15,18H,5-7,9H2,1H3,(H,20,22);1H. The summed E-state index contributed by atoms with van der Waals surface area (Å²) in [4.78, 5) is 16.3. The number of rotatable bonds is 4. The molecular formula is C16H22ClN5O. The van der Waals surface area contributed by atoms with Gasteiger partial charge < -0.3 is 10.6 Å². The maximum atomic E-state index is 12.3. The third kappa shape index (κ3) is 4.77. The van der Waals surface area contributed by atoms with Crippen LogP contribution in [0.4, 0.5) is 5.69 Å². The summed E-state index contributed by atoms with van der Waals surface area (Å²) in [6.07, 6.45) is 5.22. The summed E-state index contributed by atoms with van der Waals surface area (Å²) in [5.74, 6) is 0.639. The van der Waals surface area contributed by atoms with E-state index in [1.807, 2.05) is 24.3 Å². The van der Waals surface area contributed by atoms with Crippen LogP contribution in [-0.4, -0.2) is 33.3 Å². The summed E-state index contributed by atoms with van der Waals surface area (Å²) in [5.41, 5.74) is 1.90. The SMILES string of the molecule is CC1CCNC(C(=O)Nc2cccc(Cn3cncn3)c2)C1.Cl. The predicted octanol–water partition coefficient (Wildman–Crippen LogP) is 2.07. The molecule has 1 aromatic heterocycles. The quantitative estimate of drug-likeness (QED) is 0.897. The average Bonchev–Trinajstić information content (AvgIpc) is 3.00. The van der Waals surface area contributed by atoms with E-state index >= 15 is 0 Å². The molecule has 1 aliphatic rings. The van der Waals surface area contributed by atoms with Gasteiger partial charge in [0.05, 0.1) is 12.6 Å². The lowest BCUT2D eigenvalue weighted by Crippen LogP contribution is -2.45. The summed E-state index contributed by atoms with van der Waals surface area (Å²) < 4.78 is 1.76. The van der Waals surface area contributed by atoms with Crippen molar-refractivity contribution >= 4 is 24.0 Å². The summed E-state index contributed by atoms with van der Waals surface area (Å²) in [7, 11) is 0. The Morgan fingerprint density at radius 2 is 2.35 bits per heavy atom. The molecule has 1 aromatic carbocycles. The molecule has 0 aliphatic carbocycles. The topological polar surface area (TPSA) is 71.8 Å². The highest BCUT2D eigenvalue weighted by Crippen LogP contribution is 2.17. The van der Waals surface area contributed by atoms with Crippen molar-refractivity contribution in [2.24, 2.45) is 5.92 Å². The maximum absolute atomic E-state index is 12.3. The van der Waals surface area contributed by atoms with Crippen LogP contribution in [0.5, 0.6) is 0 Å². The highest BCUT2D eigenvalue weighted by Gasteiger charge is 2.24. The van der Waals surface area contributed by atoms with Crippen molar-refractivity contribution in [2.45, 2.75) is 32.4 Å². The second-order valence-corrected chi connectivity index (χ2v) is 5.92. The minimum Gasteiger partial charge on any atom is -0.325 e. The van der Waals surface area contributed by atoms with E-state index in [9.17, 15) is 4.79 Å². The van der Waals surface area contributed by atoms with Crippen molar-refractivity contribution in [1.82, 2.24) is 20.1 Å². The first kappa shape index (κ1) is 17.4. The molecule has 2 heterocycles. The van der Waals surface area contributed by atoms with Crippen LogP contribution in [0, 0.1) is 5.92 Å². The largest absolute Gasteiger partial charge is 0.325 e. The molecule has 1 saturated heterocycles. The smallest absolute Gasteiger partial charge is 0.241 e. The van der Waals surface area contributed by atoms with Crippen molar-refractivity contribution < 1.29 is 4.79 Å². The average molecular weight is 336 g/mol. The molecule has 23 heavy (non-hydrogen) atoms. The van der Waals surface area contributed by atoms with Gasteiger partial charge in [0.1, 0.15) is 12.7 Å². The number of hydrogen-bond acceptors (Lipinski definition) is 4. The number of aromatic nitrogens is 3. The van der Waals surface area contributed by atoms with Crippen LogP contribution in [0.25, 0.3) is 0 Å². The molecule has 1 fully saturated rings. The van der Waals surface area contributed by atoms with Gasteiger partial charge in [-0.15, -0.1) is 12.4 Å². The van der Waals surface area contributed by atoms with Crippen molar-refractivity contribution in [2.75, 3.05) is 11.9 Å². The second kappa shape index (κ2) is 8.08. The Morgan fingerprint density at radius 3 is 3.09 bits per heavy atom. The number of carbonyl (C=O) groups excluding carboxylic acids is 1. The zero-order chi connectivity index (χ0) is 15.4. The molecule has 124 valence electrons. The van der Waals surface area contributed by atoms with Crippen molar-refractivity contribution in [3.05, 3.63) is 42.5 Å². The van der Waals surface area contributed by atoms with Gasteiger partial charge in [-0.3, -0.25) is 4.79 Å². The van der Waals surface area contributed by atoms with E-state index in [1.165, 1.54) is 6.33 Å². The molecule has 6 nitrogen and oxygen atoms in total. The molecular weight excluding hydrogens is 314 g/mol. The molecule has 2 unspecified atom stereocenters. The van der Waals surface area contributed by atoms with Gasteiger partial charge in [0.15, 0.2) is 0 Å². The summed E-state index contributed by atoms with van der Waals surface area (Å²) in [6, 6.07) is 7.75. The molecule has 0 spiro atoms. The Balaban J connectivity index is 0.00000192. The van der Waals surface area contributed by atoms with Gasteiger partial charge in [-0.05, 0) is 43.0 Å². The number of amides is 1. The molecule has 3 rings (SSSR count). The minimum atomic E-state index is -0.0947. The fourth-order valence-electron chi connectivity index (χ4n) is 2.79. The highest BCUT2D eigenvalue weighted by molar-refractivity contribution is 5.94. The van der Waals surface area contributed by atoms with Crippen molar-refractivity contribution in [3.63, 3.8) is 0 Å². The van der Waals surface area contributed by atoms with E-state index in [2.05, 4.69) is 27.6 Å². The molecule has 2 aromatic rings. The third-order valence-corrected chi connectivity index (χ3v) is 3.99. The highest BCUT2D eigenvalue weighted by atomic mass is 35.5. The summed E-state index contributed by atoms with van der Waals surface area (Å²) in [5, 5.41) is 10.4. The zero-order valence-corrected chi connectivity index (χ0v) is 13.9. The van der Waals surface area contributed by atoms with E-state index in [0.717, 1.165) is 30.6 Å². The fraction of sp³-hybridized carbons (Fsp3) is 0.438. The Morgan fingerprint density at radius 1 is 1.48 bits per heavy atom. The third-order valence-electron chi connectivity index (χ3n) is 3.99. The molecule has 7 heteroatoms. The van der Waals surface area contributed by atoms with E-state index < -0.39 is 0 Å². The lowest BCUT2D eigenvalue weighted by Gasteiger charge is -2.27. The number of benzene rings is 1. The number of carbonyl (C=O) groups is 1. The van der Waals surface area contributed by atoms with Gasteiger partial charge in [0.25, 0.3) is 0 Å². The molecule has 2 atom stereocenters. The van der Waals surface area contributed by atoms with E-state index in [-0.39, 0.29) is 24.4 Å². The van der Waals surface area contributed by atoms with Crippen molar-refractivity contribution in [1.29, 1.82) is 0 Å². The van der Waals surface area contributed by atoms with Crippen LogP contribution in [0.15, 0.2) is 36.9 Å². The van der Waals surface area contributed by atoms with Gasteiger partial charge in [0.2, 0.25) is 5.91 Å². The van der Waals surface area contributed by atoms with Gasteiger partial charge in [-0.1, -0.05) is 19.1 Å². The first-order chi connectivity index (χ1) is 10.7.